The van der Waals surface area contributed by atoms with Gasteiger partial charge < -0.3 is 9.88 Å². The fourth-order valence-electron chi connectivity index (χ4n) is 4.17. The summed E-state index contributed by atoms with van der Waals surface area (Å²) in [5, 5.41) is 15.7. The van der Waals surface area contributed by atoms with E-state index in [1.165, 1.54) is 24.4 Å². The smallest absolute Gasteiger partial charge is 0.343 e. The molecular weight excluding hydrogens is 408 g/mol. The highest BCUT2D eigenvalue weighted by Crippen LogP contribution is 2.38. The number of piperidine rings is 1. The fraction of sp³-hybridized carbons (Fsp3) is 0.348. The number of nitrogens with one attached hydrogen (secondary N) is 2. The standard InChI is InChI=1S/C23H22F4N4/c24-17-3-1-2-16(10-17)13-31-14-20(19-5-4-15(12-28)11-21(19)31)22(23(25,26)27)30-18-6-8-29-9-7-18/h1-5,10-11,14,18,22,29-30H,6-9,13H2. The molecule has 4 nitrogen and oxygen atoms in total. The first-order valence-corrected chi connectivity index (χ1v) is 10.2. The summed E-state index contributed by atoms with van der Waals surface area (Å²) in [4.78, 5) is 0. The van der Waals surface area contributed by atoms with E-state index in [-0.39, 0.29) is 18.2 Å². The molecular formula is C23H22F4N4. The lowest BCUT2D eigenvalue weighted by Gasteiger charge is -2.30. The molecule has 1 fully saturated rings. The third-order valence-electron chi connectivity index (χ3n) is 5.66. The maximum Gasteiger partial charge on any atom is 0.407 e. The van der Waals surface area contributed by atoms with Crippen LogP contribution in [0.25, 0.3) is 10.9 Å². The molecule has 0 amide bonds. The minimum Gasteiger partial charge on any atom is -0.343 e. The number of alkyl halides is 3. The Bertz CT molecular complexity index is 1110. The highest BCUT2D eigenvalue weighted by Gasteiger charge is 2.43. The number of aromatic nitrogens is 1. The van der Waals surface area contributed by atoms with Crippen molar-refractivity contribution in [2.75, 3.05) is 13.1 Å². The SMILES string of the molecule is N#Cc1ccc2c(C(NC3CCNCC3)C(F)(F)F)cn(Cc3cccc(F)c3)c2c1. The van der Waals surface area contributed by atoms with Crippen LogP contribution in [0.3, 0.4) is 0 Å². The van der Waals surface area contributed by atoms with Crippen LogP contribution in [0.2, 0.25) is 0 Å². The van der Waals surface area contributed by atoms with Gasteiger partial charge >= 0.3 is 6.18 Å². The zero-order chi connectivity index (χ0) is 22.0. The van der Waals surface area contributed by atoms with Crippen molar-refractivity contribution in [2.45, 2.75) is 37.6 Å². The van der Waals surface area contributed by atoms with Crippen LogP contribution in [0, 0.1) is 17.1 Å². The third kappa shape index (κ3) is 4.73. The molecule has 1 aliphatic heterocycles. The average molecular weight is 430 g/mol. The van der Waals surface area contributed by atoms with Gasteiger partial charge in [0, 0.05) is 35.2 Å². The Labute approximate surface area is 177 Å². The van der Waals surface area contributed by atoms with E-state index in [1.54, 1.807) is 28.8 Å². The summed E-state index contributed by atoms with van der Waals surface area (Å²) in [5.41, 5.74) is 1.61. The van der Waals surface area contributed by atoms with E-state index in [1.807, 2.05) is 6.07 Å². The van der Waals surface area contributed by atoms with Gasteiger partial charge in [-0.05, 0) is 55.8 Å². The van der Waals surface area contributed by atoms with Crippen molar-refractivity contribution in [1.29, 1.82) is 5.26 Å². The molecule has 0 bridgehead atoms. The van der Waals surface area contributed by atoms with E-state index < -0.39 is 18.0 Å². The van der Waals surface area contributed by atoms with Gasteiger partial charge in [0.05, 0.1) is 11.6 Å². The molecule has 4 rings (SSSR count). The van der Waals surface area contributed by atoms with E-state index >= 15 is 0 Å². The van der Waals surface area contributed by atoms with E-state index in [2.05, 4.69) is 10.6 Å². The highest BCUT2D eigenvalue weighted by atomic mass is 19.4. The molecule has 31 heavy (non-hydrogen) atoms. The van der Waals surface area contributed by atoms with Gasteiger partial charge in [-0.3, -0.25) is 5.32 Å². The number of hydrogen-bond donors (Lipinski definition) is 2. The normalized spacial score (nSPS) is 16.4. The van der Waals surface area contributed by atoms with Crippen molar-refractivity contribution in [1.82, 2.24) is 15.2 Å². The van der Waals surface area contributed by atoms with E-state index in [0.29, 0.717) is 48.0 Å². The molecule has 0 radical (unpaired) electrons. The summed E-state index contributed by atoms with van der Waals surface area (Å²) in [6.07, 6.45) is -1.78. The molecule has 1 aliphatic rings. The lowest BCUT2D eigenvalue weighted by Crippen LogP contribution is -2.45. The summed E-state index contributed by atoms with van der Waals surface area (Å²) >= 11 is 0. The van der Waals surface area contributed by atoms with Gasteiger partial charge in [0.1, 0.15) is 11.9 Å². The van der Waals surface area contributed by atoms with Crippen molar-refractivity contribution in [3.63, 3.8) is 0 Å². The molecule has 8 heteroatoms. The first kappa shape index (κ1) is 21.3. The van der Waals surface area contributed by atoms with Crippen molar-refractivity contribution in [2.24, 2.45) is 0 Å². The van der Waals surface area contributed by atoms with Crippen molar-refractivity contribution >= 4 is 10.9 Å². The number of nitrogens with zero attached hydrogens (tertiary/aromatic N) is 2. The zero-order valence-electron chi connectivity index (χ0n) is 16.7. The first-order valence-electron chi connectivity index (χ1n) is 10.2. The summed E-state index contributed by atoms with van der Waals surface area (Å²) < 4.78 is 57.7. The van der Waals surface area contributed by atoms with E-state index in [9.17, 15) is 22.8 Å². The largest absolute Gasteiger partial charge is 0.407 e. The number of fused-ring (bicyclic) bond motifs is 1. The Balaban J connectivity index is 1.79. The number of nitriles is 1. The monoisotopic (exact) mass is 430 g/mol. The minimum atomic E-state index is -4.49. The van der Waals surface area contributed by atoms with Crippen LogP contribution in [0.1, 0.15) is 35.6 Å². The molecule has 1 atom stereocenters. The van der Waals surface area contributed by atoms with Gasteiger partial charge in [0.25, 0.3) is 0 Å². The Morgan fingerprint density at radius 1 is 1.16 bits per heavy atom. The molecule has 2 heterocycles. The fourth-order valence-corrected chi connectivity index (χ4v) is 4.17. The first-order chi connectivity index (χ1) is 14.8. The van der Waals surface area contributed by atoms with Gasteiger partial charge in [-0.2, -0.15) is 18.4 Å². The Morgan fingerprint density at radius 2 is 1.94 bits per heavy atom. The second-order valence-corrected chi connectivity index (χ2v) is 7.85. The Kier molecular flexibility index (Phi) is 5.99. The van der Waals surface area contributed by atoms with E-state index in [0.717, 1.165) is 0 Å². The van der Waals surface area contributed by atoms with Crippen LogP contribution in [-0.2, 0) is 6.54 Å². The molecule has 1 saturated heterocycles. The maximum absolute atomic E-state index is 14.1. The van der Waals surface area contributed by atoms with Gasteiger partial charge in [-0.15, -0.1) is 0 Å². The number of halogens is 4. The summed E-state index contributed by atoms with van der Waals surface area (Å²) in [6.45, 7) is 1.55. The molecule has 0 saturated carbocycles. The van der Waals surface area contributed by atoms with Gasteiger partial charge in [-0.1, -0.05) is 18.2 Å². The number of benzene rings is 2. The lowest BCUT2D eigenvalue weighted by molar-refractivity contribution is -0.159. The molecule has 1 aromatic heterocycles. The van der Waals surface area contributed by atoms with Crippen LogP contribution in [0.15, 0.2) is 48.7 Å². The molecule has 3 aromatic rings. The molecule has 1 unspecified atom stereocenters. The van der Waals surface area contributed by atoms with Crippen LogP contribution in [-0.4, -0.2) is 29.9 Å². The number of hydrogen-bond acceptors (Lipinski definition) is 3. The van der Waals surface area contributed by atoms with Crippen molar-refractivity contribution in [3.05, 3.63) is 71.2 Å². The molecule has 2 aromatic carbocycles. The summed E-state index contributed by atoms with van der Waals surface area (Å²) in [7, 11) is 0. The van der Waals surface area contributed by atoms with Crippen LogP contribution >= 0.6 is 0 Å². The topological polar surface area (TPSA) is 52.8 Å². The Morgan fingerprint density at radius 3 is 2.61 bits per heavy atom. The third-order valence-corrected chi connectivity index (χ3v) is 5.66. The average Bonchev–Trinajstić information content (AvgIpc) is 3.09. The van der Waals surface area contributed by atoms with Crippen molar-refractivity contribution in [3.8, 4) is 6.07 Å². The lowest BCUT2D eigenvalue weighted by atomic mass is 10.0. The van der Waals surface area contributed by atoms with Gasteiger partial charge in [0.15, 0.2) is 0 Å². The summed E-state index contributed by atoms with van der Waals surface area (Å²) in [5.74, 6) is -0.410. The Hall–Kier alpha value is -2.89. The maximum atomic E-state index is 14.1. The second kappa shape index (κ2) is 8.69. The van der Waals surface area contributed by atoms with Crippen molar-refractivity contribution < 1.29 is 17.6 Å². The predicted octanol–water partition coefficient (Wildman–Crippen LogP) is 4.65. The molecule has 0 aliphatic carbocycles. The second-order valence-electron chi connectivity index (χ2n) is 7.85. The van der Waals surface area contributed by atoms with Crippen LogP contribution < -0.4 is 10.6 Å². The molecule has 162 valence electrons. The summed E-state index contributed by atoms with van der Waals surface area (Å²) in [6, 6.07) is 10.6. The van der Waals surface area contributed by atoms with Crippen LogP contribution in [0.4, 0.5) is 17.6 Å². The van der Waals surface area contributed by atoms with Gasteiger partial charge in [-0.25, -0.2) is 4.39 Å². The minimum absolute atomic E-state index is 0.113. The van der Waals surface area contributed by atoms with E-state index in [4.69, 9.17) is 0 Å². The van der Waals surface area contributed by atoms with Crippen LogP contribution in [0.5, 0.6) is 0 Å². The quantitative estimate of drug-likeness (QED) is 0.580. The predicted molar refractivity (Wildman–Crippen MR) is 110 cm³/mol. The molecule has 2 N–H and O–H groups in total. The van der Waals surface area contributed by atoms with Gasteiger partial charge in [0.2, 0.25) is 0 Å². The zero-order valence-corrected chi connectivity index (χ0v) is 16.7. The number of rotatable bonds is 5. The molecule has 0 spiro atoms. The highest BCUT2D eigenvalue weighted by molar-refractivity contribution is 5.86.